The third kappa shape index (κ3) is 9.72. The van der Waals surface area contributed by atoms with Gasteiger partial charge in [-0.25, -0.2) is 0 Å². The molecule has 0 unspecified atom stereocenters. The average molecular weight is 422 g/mol. The molecule has 170 valence electrons. The van der Waals surface area contributed by atoms with Gasteiger partial charge < -0.3 is 5.32 Å². The molecule has 0 saturated carbocycles. The molecule has 31 heavy (non-hydrogen) atoms. The minimum atomic E-state index is -0.0500. The van der Waals surface area contributed by atoms with Crippen molar-refractivity contribution >= 4 is 22.3 Å². The second kappa shape index (κ2) is 15.7. The number of hydrogen-bond acceptors (Lipinski definition) is 1. The van der Waals surface area contributed by atoms with Gasteiger partial charge in [0.1, 0.15) is 0 Å². The molecular formula is C29H43NO. The topological polar surface area (TPSA) is 29.1 Å². The van der Waals surface area contributed by atoms with Crippen molar-refractivity contribution in [3.63, 3.8) is 0 Å². The van der Waals surface area contributed by atoms with Crippen LogP contribution in [0.3, 0.4) is 0 Å². The zero-order valence-corrected chi connectivity index (χ0v) is 19.8. The van der Waals surface area contributed by atoms with E-state index in [1.54, 1.807) is 0 Å². The minimum absolute atomic E-state index is 0.0500. The molecule has 2 heteroatoms. The van der Waals surface area contributed by atoms with Crippen molar-refractivity contribution in [2.24, 2.45) is 0 Å². The monoisotopic (exact) mass is 421 g/mol. The number of unbranched alkanes of at least 4 members (excludes halogenated alkanes) is 13. The van der Waals surface area contributed by atoms with Gasteiger partial charge >= 0.3 is 0 Å². The first-order valence-corrected chi connectivity index (χ1v) is 12.7. The fourth-order valence-corrected chi connectivity index (χ4v) is 4.24. The van der Waals surface area contributed by atoms with E-state index in [0.717, 1.165) is 29.3 Å². The maximum atomic E-state index is 12.5. The van der Waals surface area contributed by atoms with Crippen LogP contribution in [-0.4, -0.2) is 12.5 Å². The predicted molar refractivity (Wildman–Crippen MR) is 136 cm³/mol. The van der Waals surface area contributed by atoms with Crippen molar-refractivity contribution in [3.05, 3.63) is 54.6 Å². The number of carbonyl (C=O) groups excluding carboxylic acids is 1. The molecule has 0 bridgehead atoms. The number of amides is 1. The molecule has 0 atom stereocenters. The molecule has 0 radical (unpaired) electrons. The first-order valence-electron chi connectivity index (χ1n) is 12.7. The lowest BCUT2D eigenvalue weighted by molar-refractivity contribution is -0.115. The van der Waals surface area contributed by atoms with Crippen molar-refractivity contribution in [1.29, 1.82) is 0 Å². The Labute approximate surface area is 190 Å². The summed E-state index contributed by atoms with van der Waals surface area (Å²) in [5.74, 6) is -0.0500. The summed E-state index contributed by atoms with van der Waals surface area (Å²) in [5, 5.41) is 5.28. The highest BCUT2D eigenvalue weighted by molar-refractivity contribution is 6.21. The van der Waals surface area contributed by atoms with E-state index in [1.807, 2.05) is 24.3 Å². The number of carbonyl (C=O) groups is 1. The van der Waals surface area contributed by atoms with Crippen LogP contribution in [0.2, 0.25) is 0 Å². The fourth-order valence-electron chi connectivity index (χ4n) is 4.24. The summed E-state index contributed by atoms with van der Waals surface area (Å²) in [6.07, 6.45) is 18.9. The highest BCUT2D eigenvalue weighted by atomic mass is 16.1. The largest absolute Gasteiger partial charge is 0.352 e. The fraction of sp³-hybridized carbons (Fsp3) is 0.552. The molecular weight excluding hydrogens is 378 g/mol. The molecule has 0 saturated heterocycles. The van der Waals surface area contributed by atoms with E-state index in [-0.39, 0.29) is 5.91 Å². The zero-order valence-electron chi connectivity index (χ0n) is 19.8. The molecule has 2 aromatic rings. The van der Waals surface area contributed by atoms with Crippen LogP contribution in [0.4, 0.5) is 0 Å². The number of fused-ring (bicyclic) bond motifs is 1. The van der Waals surface area contributed by atoms with Crippen LogP contribution in [0.1, 0.15) is 102 Å². The van der Waals surface area contributed by atoms with Gasteiger partial charge in [-0.05, 0) is 22.8 Å². The molecule has 0 aliphatic carbocycles. The van der Waals surface area contributed by atoms with Gasteiger partial charge in [-0.3, -0.25) is 4.79 Å². The molecule has 0 aliphatic rings. The van der Waals surface area contributed by atoms with Crippen LogP contribution >= 0.6 is 0 Å². The lowest BCUT2D eigenvalue weighted by atomic mass is 9.99. The minimum Gasteiger partial charge on any atom is -0.352 e. The Bertz CT molecular complexity index is 774. The standard InChI is InChI=1S/C29H43NO/c1-3-4-5-6-7-8-9-10-11-12-13-14-15-18-24-30-29(31)25(2)27-23-19-21-26-20-16-17-22-28(26)27/h16-17,19-23H,2-15,18,24H2,1H3,(H,30,31). The molecule has 0 aliphatic heterocycles. The summed E-state index contributed by atoms with van der Waals surface area (Å²) in [7, 11) is 0. The Hall–Kier alpha value is -2.09. The molecule has 2 aromatic carbocycles. The highest BCUT2D eigenvalue weighted by Crippen LogP contribution is 2.24. The van der Waals surface area contributed by atoms with Crippen molar-refractivity contribution in [2.45, 2.75) is 96.8 Å². The molecule has 2 nitrogen and oxygen atoms in total. The molecule has 1 amide bonds. The highest BCUT2D eigenvalue weighted by Gasteiger charge is 2.11. The van der Waals surface area contributed by atoms with Crippen molar-refractivity contribution in [3.8, 4) is 0 Å². The molecule has 0 heterocycles. The first kappa shape index (κ1) is 25.2. The Kier molecular flexibility index (Phi) is 12.7. The van der Waals surface area contributed by atoms with Gasteiger partial charge in [-0.2, -0.15) is 0 Å². The van der Waals surface area contributed by atoms with E-state index in [0.29, 0.717) is 5.57 Å². The smallest absolute Gasteiger partial charge is 0.251 e. The third-order valence-corrected chi connectivity index (χ3v) is 6.20. The van der Waals surface area contributed by atoms with Crippen molar-refractivity contribution in [1.82, 2.24) is 5.32 Å². The second-order valence-corrected chi connectivity index (χ2v) is 8.86. The summed E-state index contributed by atoms with van der Waals surface area (Å²) in [6.45, 7) is 7.07. The lowest BCUT2D eigenvalue weighted by Crippen LogP contribution is -2.25. The Morgan fingerprint density at radius 1 is 0.710 bits per heavy atom. The van der Waals surface area contributed by atoms with E-state index >= 15 is 0 Å². The quantitative estimate of drug-likeness (QED) is 0.201. The van der Waals surface area contributed by atoms with Gasteiger partial charge in [0.15, 0.2) is 0 Å². The maximum absolute atomic E-state index is 12.5. The van der Waals surface area contributed by atoms with Crippen LogP contribution in [0.15, 0.2) is 49.0 Å². The number of nitrogens with one attached hydrogen (secondary N) is 1. The summed E-state index contributed by atoms with van der Waals surface area (Å²) < 4.78 is 0. The number of hydrogen-bond donors (Lipinski definition) is 1. The lowest BCUT2D eigenvalue weighted by Gasteiger charge is -2.10. The van der Waals surface area contributed by atoms with Gasteiger partial charge in [-0.1, -0.05) is 139 Å². The molecule has 0 spiro atoms. The summed E-state index contributed by atoms with van der Waals surface area (Å²) >= 11 is 0. The van der Waals surface area contributed by atoms with Gasteiger partial charge in [-0.15, -0.1) is 0 Å². The van der Waals surface area contributed by atoms with Crippen LogP contribution in [0.5, 0.6) is 0 Å². The normalized spacial score (nSPS) is 11.0. The Balaban J connectivity index is 1.48. The molecule has 0 fully saturated rings. The summed E-state index contributed by atoms with van der Waals surface area (Å²) in [4.78, 5) is 12.5. The van der Waals surface area contributed by atoms with E-state index in [1.165, 1.54) is 83.5 Å². The number of rotatable bonds is 17. The maximum Gasteiger partial charge on any atom is 0.251 e. The first-order chi connectivity index (χ1) is 15.2. The van der Waals surface area contributed by atoms with Gasteiger partial charge in [0.05, 0.1) is 0 Å². The van der Waals surface area contributed by atoms with Crippen LogP contribution < -0.4 is 5.32 Å². The molecule has 2 rings (SSSR count). The summed E-state index contributed by atoms with van der Waals surface area (Å²) in [5.41, 5.74) is 1.48. The third-order valence-electron chi connectivity index (χ3n) is 6.20. The molecule has 1 N–H and O–H groups in total. The average Bonchev–Trinajstić information content (AvgIpc) is 2.80. The van der Waals surface area contributed by atoms with E-state index in [2.05, 4.69) is 37.0 Å². The van der Waals surface area contributed by atoms with Gasteiger partial charge in [0.25, 0.3) is 5.91 Å². The van der Waals surface area contributed by atoms with Gasteiger partial charge in [0, 0.05) is 12.1 Å². The van der Waals surface area contributed by atoms with E-state index in [4.69, 9.17) is 0 Å². The van der Waals surface area contributed by atoms with Crippen LogP contribution in [0.25, 0.3) is 16.3 Å². The van der Waals surface area contributed by atoms with E-state index < -0.39 is 0 Å². The van der Waals surface area contributed by atoms with Gasteiger partial charge in [0.2, 0.25) is 0 Å². The predicted octanol–water partition coefficient (Wildman–Crippen LogP) is 8.45. The SMILES string of the molecule is C=C(C(=O)NCCCCCCCCCCCCCCCC)c1cccc2ccccc12. The van der Waals surface area contributed by atoms with Crippen molar-refractivity contribution in [2.75, 3.05) is 6.54 Å². The van der Waals surface area contributed by atoms with Crippen LogP contribution in [-0.2, 0) is 4.79 Å². The Morgan fingerprint density at radius 2 is 1.23 bits per heavy atom. The second-order valence-electron chi connectivity index (χ2n) is 8.86. The van der Waals surface area contributed by atoms with Crippen molar-refractivity contribution < 1.29 is 4.79 Å². The molecule has 0 aromatic heterocycles. The Morgan fingerprint density at radius 3 is 1.84 bits per heavy atom. The number of benzene rings is 2. The summed E-state index contributed by atoms with van der Waals surface area (Å²) in [6, 6.07) is 14.2. The van der Waals surface area contributed by atoms with Crippen LogP contribution in [0, 0.1) is 0 Å². The zero-order chi connectivity index (χ0) is 22.2. The van der Waals surface area contributed by atoms with E-state index in [9.17, 15) is 4.79 Å².